The molecule has 0 fully saturated rings. The first-order chi connectivity index (χ1) is 13.3. The van der Waals surface area contributed by atoms with Gasteiger partial charge in [0.05, 0.1) is 30.5 Å². The summed E-state index contributed by atoms with van der Waals surface area (Å²) in [5, 5.41) is 0. The van der Waals surface area contributed by atoms with Crippen molar-refractivity contribution < 1.29 is 22.6 Å². The van der Waals surface area contributed by atoms with Crippen molar-refractivity contribution in [3.05, 3.63) is 70.3 Å². The molecule has 0 saturated heterocycles. The van der Waals surface area contributed by atoms with E-state index in [1.807, 2.05) is 38.1 Å². The first-order valence-electron chi connectivity index (χ1n) is 9.37. The van der Waals surface area contributed by atoms with Gasteiger partial charge in [0, 0.05) is 5.56 Å². The highest BCUT2D eigenvalue weighted by molar-refractivity contribution is 6.03. The summed E-state index contributed by atoms with van der Waals surface area (Å²) in [5.41, 5.74) is 3.13. The number of nitrogens with zero attached hydrogens (tertiary/aromatic N) is 1. The average Bonchev–Trinajstić information content (AvgIpc) is 2.68. The lowest BCUT2D eigenvalue weighted by molar-refractivity contribution is -0.138. The van der Waals surface area contributed by atoms with Crippen LogP contribution < -0.4 is 0 Å². The Morgan fingerprint density at radius 1 is 1.18 bits per heavy atom. The second kappa shape index (κ2) is 8.45. The molecule has 1 aliphatic heterocycles. The summed E-state index contributed by atoms with van der Waals surface area (Å²) < 4.78 is 51.5. The lowest BCUT2D eigenvalue weighted by Gasteiger charge is -2.28. The van der Waals surface area contributed by atoms with Crippen LogP contribution in [0.1, 0.15) is 47.8 Å². The van der Waals surface area contributed by atoms with Crippen molar-refractivity contribution in [2.45, 2.75) is 45.8 Å². The minimum Gasteiger partial charge on any atom is -0.345 e. The topological polar surface area (TPSA) is 30.8 Å². The fourth-order valence-electron chi connectivity index (χ4n) is 3.12. The minimum absolute atomic E-state index is 0.412. The van der Waals surface area contributed by atoms with E-state index in [0.717, 1.165) is 17.2 Å². The lowest BCUT2D eigenvalue weighted by atomic mass is 10.0. The molecule has 3 rings (SSSR count). The number of ether oxygens (including phenoxy) is 2. The van der Waals surface area contributed by atoms with Gasteiger partial charge in [-0.05, 0) is 43.5 Å². The summed E-state index contributed by atoms with van der Waals surface area (Å²) in [6.07, 6.45) is -5.17. The summed E-state index contributed by atoms with van der Waals surface area (Å²) in [5.74, 6) is 0. The van der Waals surface area contributed by atoms with Crippen molar-refractivity contribution in [1.82, 2.24) is 0 Å². The molecule has 2 aromatic carbocycles. The molecule has 0 N–H and O–H groups in total. The SMILES string of the molecule is CCc1cc([C@@H](C)O[C@@H]2OCCN=C2c2ccc(C)cc2)cc(C(F)(F)F)c1. The molecule has 0 amide bonds. The first kappa shape index (κ1) is 20.6. The van der Waals surface area contributed by atoms with Gasteiger partial charge in [-0.25, -0.2) is 0 Å². The summed E-state index contributed by atoms with van der Waals surface area (Å²) in [7, 11) is 0. The maximum atomic E-state index is 13.2. The predicted molar refractivity (Wildman–Crippen MR) is 103 cm³/mol. The molecule has 0 aliphatic carbocycles. The lowest BCUT2D eigenvalue weighted by Crippen LogP contribution is -2.34. The molecule has 28 heavy (non-hydrogen) atoms. The van der Waals surface area contributed by atoms with Crippen LogP contribution in [-0.4, -0.2) is 25.2 Å². The van der Waals surface area contributed by atoms with Crippen LogP contribution in [0.3, 0.4) is 0 Å². The van der Waals surface area contributed by atoms with Crippen molar-refractivity contribution in [3.8, 4) is 0 Å². The van der Waals surface area contributed by atoms with E-state index in [9.17, 15) is 13.2 Å². The largest absolute Gasteiger partial charge is 0.416 e. The highest BCUT2D eigenvalue weighted by Gasteiger charge is 2.32. The zero-order chi connectivity index (χ0) is 20.3. The van der Waals surface area contributed by atoms with E-state index in [1.54, 1.807) is 13.0 Å². The summed E-state index contributed by atoms with van der Waals surface area (Å²) in [4.78, 5) is 4.53. The fraction of sp³-hybridized carbons (Fsp3) is 0.409. The smallest absolute Gasteiger partial charge is 0.345 e. The van der Waals surface area contributed by atoms with Crippen molar-refractivity contribution in [2.75, 3.05) is 13.2 Å². The summed E-state index contributed by atoms with van der Waals surface area (Å²) in [6.45, 7) is 6.51. The van der Waals surface area contributed by atoms with E-state index in [-0.39, 0.29) is 0 Å². The summed E-state index contributed by atoms with van der Waals surface area (Å²) >= 11 is 0. The Morgan fingerprint density at radius 2 is 1.89 bits per heavy atom. The zero-order valence-electron chi connectivity index (χ0n) is 16.2. The van der Waals surface area contributed by atoms with Gasteiger partial charge in [-0.15, -0.1) is 0 Å². The monoisotopic (exact) mass is 391 g/mol. The Morgan fingerprint density at radius 3 is 2.54 bits per heavy atom. The Labute approximate surface area is 163 Å². The molecule has 0 bridgehead atoms. The number of halogens is 3. The molecule has 0 radical (unpaired) electrons. The maximum absolute atomic E-state index is 13.2. The third-order valence-electron chi connectivity index (χ3n) is 4.76. The molecule has 0 unspecified atom stereocenters. The minimum atomic E-state index is -4.39. The van der Waals surface area contributed by atoms with Crippen LogP contribution in [0.2, 0.25) is 0 Å². The van der Waals surface area contributed by atoms with Gasteiger partial charge in [-0.1, -0.05) is 42.8 Å². The molecule has 0 aromatic heterocycles. The van der Waals surface area contributed by atoms with E-state index in [0.29, 0.717) is 36.4 Å². The van der Waals surface area contributed by atoms with Gasteiger partial charge in [0.25, 0.3) is 0 Å². The van der Waals surface area contributed by atoms with E-state index < -0.39 is 24.1 Å². The second-order valence-electron chi connectivity index (χ2n) is 6.93. The van der Waals surface area contributed by atoms with E-state index in [2.05, 4.69) is 4.99 Å². The second-order valence-corrected chi connectivity index (χ2v) is 6.93. The number of aliphatic imine (C=N–C) groups is 1. The van der Waals surface area contributed by atoms with Crippen molar-refractivity contribution in [2.24, 2.45) is 4.99 Å². The van der Waals surface area contributed by atoms with Crippen LogP contribution >= 0.6 is 0 Å². The van der Waals surface area contributed by atoms with Crippen LogP contribution in [0.15, 0.2) is 47.5 Å². The molecule has 150 valence electrons. The molecule has 0 saturated carbocycles. The molecule has 1 aliphatic rings. The Kier molecular flexibility index (Phi) is 6.20. The molecular weight excluding hydrogens is 367 g/mol. The third kappa shape index (κ3) is 4.80. The quantitative estimate of drug-likeness (QED) is 0.674. The zero-order valence-corrected chi connectivity index (χ0v) is 16.2. The van der Waals surface area contributed by atoms with Crippen LogP contribution in [0.5, 0.6) is 0 Å². The van der Waals surface area contributed by atoms with E-state index >= 15 is 0 Å². The Bertz CT molecular complexity index is 844. The predicted octanol–water partition coefficient (Wildman–Crippen LogP) is 5.50. The fourth-order valence-corrected chi connectivity index (χ4v) is 3.12. The van der Waals surface area contributed by atoms with Crippen LogP contribution in [0, 0.1) is 6.92 Å². The van der Waals surface area contributed by atoms with Crippen LogP contribution in [0.4, 0.5) is 13.2 Å². The number of hydrogen-bond acceptors (Lipinski definition) is 3. The molecule has 2 aromatic rings. The normalized spacial score (nSPS) is 18.6. The Balaban J connectivity index is 1.85. The van der Waals surface area contributed by atoms with Gasteiger partial charge in [0.15, 0.2) is 0 Å². The first-order valence-corrected chi connectivity index (χ1v) is 9.37. The number of aryl methyl sites for hydroxylation is 2. The third-order valence-corrected chi connectivity index (χ3v) is 4.76. The van der Waals surface area contributed by atoms with Crippen molar-refractivity contribution in [3.63, 3.8) is 0 Å². The Hall–Kier alpha value is -2.18. The van der Waals surface area contributed by atoms with Gasteiger partial charge in [0.1, 0.15) is 0 Å². The van der Waals surface area contributed by atoms with Gasteiger partial charge in [-0.2, -0.15) is 13.2 Å². The van der Waals surface area contributed by atoms with Gasteiger partial charge in [-0.3, -0.25) is 4.99 Å². The molecule has 1 heterocycles. The highest BCUT2D eigenvalue weighted by Crippen LogP contribution is 2.33. The maximum Gasteiger partial charge on any atom is 0.416 e. The molecule has 6 heteroatoms. The van der Waals surface area contributed by atoms with Crippen LogP contribution in [0.25, 0.3) is 0 Å². The van der Waals surface area contributed by atoms with Crippen molar-refractivity contribution in [1.29, 1.82) is 0 Å². The average molecular weight is 391 g/mol. The molecule has 0 spiro atoms. The molecule has 2 atom stereocenters. The van der Waals surface area contributed by atoms with Gasteiger partial charge >= 0.3 is 6.18 Å². The molecule has 3 nitrogen and oxygen atoms in total. The van der Waals surface area contributed by atoms with Gasteiger partial charge < -0.3 is 9.47 Å². The summed E-state index contributed by atoms with van der Waals surface area (Å²) in [6, 6.07) is 11.9. The van der Waals surface area contributed by atoms with E-state index in [4.69, 9.17) is 9.47 Å². The number of benzene rings is 2. The number of alkyl halides is 3. The van der Waals surface area contributed by atoms with Crippen LogP contribution in [-0.2, 0) is 22.1 Å². The van der Waals surface area contributed by atoms with E-state index in [1.165, 1.54) is 6.07 Å². The van der Waals surface area contributed by atoms with Gasteiger partial charge in [0.2, 0.25) is 6.29 Å². The van der Waals surface area contributed by atoms with Crippen molar-refractivity contribution >= 4 is 5.71 Å². The number of hydrogen-bond donors (Lipinski definition) is 0. The highest BCUT2D eigenvalue weighted by atomic mass is 19.4. The standard InChI is InChI=1S/C22H24F3NO2/c1-4-16-11-18(13-19(12-16)22(23,24)25)15(3)28-21-20(26-9-10-27-21)17-7-5-14(2)6-8-17/h5-8,11-13,15,21H,4,9-10H2,1-3H3/t15-,21+/m1/s1. The molecular formula is C22H24F3NO2. The number of rotatable bonds is 5.